The van der Waals surface area contributed by atoms with Gasteiger partial charge < -0.3 is 19.9 Å². The Bertz CT molecular complexity index is 1220. The number of rotatable bonds is 4. The quantitative estimate of drug-likeness (QED) is 0.355. The predicted molar refractivity (Wildman–Crippen MR) is 103 cm³/mol. The Hall–Kier alpha value is -2.77. The summed E-state index contributed by atoms with van der Waals surface area (Å²) in [7, 11) is -4.54. The molecule has 4 rings (SSSR count). The average Bonchev–Trinajstić information content (AvgIpc) is 3.27. The van der Waals surface area contributed by atoms with E-state index in [-0.39, 0.29) is 27.2 Å². The van der Waals surface area contributed by atoms with Crippen LogP contribution in [0.3, 0.4) is 0 Å². The number of hydrogen-bond acceptors (Lipinski definition) is 6. The van der Waals surface area contributed by atoms with Gasteiger partial charge >= 0.3 is 7.60 Å². The molecule has 0 fully saturated rings. The zero-order chi connectivity index (χ0) is 19.2. The second-order valence-electron chi connectivity index (χ2n) is 5.80. The number of thiazole rings is 1. The predicted octanol–water partition coefficient (Wildman–Crippen LogP) is 3.17. The number of furan rings is 1. The van der Waals surface area contributed by atoms with Gasteiger partial charge in [0.2, 0.25) is 11.3 Å². The summed E-state index contributed by atoms with van der Waals surface area (Å²) in [5, 5.41) is 2.09. The molecule has 2 aromatic carbocycles. The average molecular weight is 400 g/mol. The molecule has 0 aliphatic heterocycles. The van der Waals surface area contributed by atoms with Gasteiger partial charge in [-0.3, -0.25) is 9.36 Å². The lowest BCUT2D eigenvalue weighted by Gasteiger charge is -2.03. The van der Waals surface area contributed by atoms with Crippen LogP contribution >= 0.6 is 18.9 Å². The zero-order valence-electron chi connectivity index (χ0n) is 13.7. The largest absolute Gasteiger partial charge is 0.446 e. The normalized spacial score (nSPS) is 11.8. The van der Waals surface area contributed by atoms with Crippen LogP contribution in [-0.2, 0) is 4.57 Å². The molecule has 136 valence electrons. The molecule has 0 atom stereocenters. The molecule has 0 bridgehead atoms. The van der Waals surface area contributed by atoms with Gasteiger partial charge in [-0.2, -0.15) is 0 Å². The van der Waals surface area contributed by atoms with Crippen molar-refractivity contribution < 1.29 is 23.6 Å². The van der Waals surface area contributed by atoms with E-state index in [4.69, 9.17) is 10.2 Å². The third kappa shape index (κ3) is 3.31. The van der Waals surface area contributed by atoms with Gasteiger partial charge in [0.15, 0.2) is 10.9 Å². The second-order valence-corrected chi connectivity index (χ2v) is 8.36. The fourth-order valence-electron chi connectivity index (χ4n) is 2.73. The zero-order valence-corrected chi connectivity index (χ0v) is 15.4. The Balaban J connectivity index is 1.78. The highest BCUT2D eigenvalue weighted by Gasteiger charge is 2.26. The summed E-state index contributed by atoms with van der Waals surface area (Å²) in [5.41, 5.74) is 5.90. The molecule has 0 aliphatic rings. The first-order valence-electron chi connectivity index (χ1n) is 7.79. The Kier molecular flexibility index (Phi) is 4.20. The van der Waals surface area contributed by atoms with Crippen molar-refractivity contribution in [3.63, 3.8) is 0 Å². The number of nitrogens with two attached hydrogens (primary N) is 1. The number of nitrogens with zero attached hydrogens (tertiary/aromatic N) is 1. The van der Waals surface area contributed by atoms with Crippen molar-refractivity contribution in [1.82, 2.24) is 4.98 Å². The lowest BCUT2D eigenvalue weighted by atomic mass is 10.0. The van der Waals surface area contributed by atoms with Gasteiger partial charge in [0, 0.05) is 5.56 Å². The summed E-state index contributed by atoms with van der Waals surface area (Å²) in [6.45, 7) is 0. The fourth-order valence-corrected chi connectivity index (χ4v) is 4.02. The molecule has 4 aromatic rings. The maximum atomic E-state index is 13.0. The molecule has 0 radical (unpaired) electrons. The van der Waals surface area contributed by atoms with Crippen LogP contribution in [0, 0.1) is 0 Å². The number of carbonyl (C=O) groups excluding carboxylic acids is 1. The summed E-state index contributed by atoms with van der Waals surface area (Å²) in [5.74, 6) is -0.218. The van der Waals surface area contributed by atoms with Crippen LogP contribution in [0.15, 0.2) is 59.0 Å². The summed E-state index contributed by atoms with van der Waals surface area (Å²) in [6.07, 6.45) is 0. The first-order chi connectivity index (χ1) is 12.8. The van der Waals surface area contributed by atoms with Crippen LogP contribution in [0.25, 0.3) is 22.2 Å². The van der Waals surface area contributed by atoms with Crippen molar-refractivity contribution in [2.24, 2.45) is 0 Å². The third-order valence-electron chi connectivity index (χ3n) is 3.97. The van der Waals surface area contributed by atoms with Crippen molar-refractivity contribution in [2.75, 3.05) is 5.73 Å². The molecule has 2 aromatic heterocycles. The van der Waals surface area contributed by atoms with Gasteiger partial charge in [-0.05, 0) is 29.0 Å². The van der Waals surface area contributed by atoms with Crippen molar-refractivity contribution >= 4 is 46.1 Å². The number of carbonyl (C=O) groups is 1. The highest BCUT2D eigenvalue weighted by atomic mass is 32.1. The minimum Gasteiger partial charge on any atom is -0.446 e. The van der Waals surface area contributed by atoms with Crippen LogP contribution in [0.4, 0.5) is 5.13 Å². The first-order valence-corrected chi connectivity index (χ1v) is 10.2. The SMILES string of the molecule is Nc1nc(-c2ccc(P(=O)(O)O)o2)c(C(=O)c2ccc3ccccc3c2)s1. The van der Waals surface area contributed by atoms with E-state index in [1.165, 1.54) is 6.07 Å². The van der Waals surface area contributed by atoms with E-state index in [9.17, 15) is 19.1 Å². The Morgan fingerprint density at radius 3 is 2.52 bits per heavy atom. The van der Waals surface area contributed by atoms with Crippen molar-refractivity contribution in [2.45, 2.75) is 0 Å². The van der Waals surface area contributed by atoms with Gasteiger partial charge in [-0.25, -0.2) is 4.98 Å². The lowest BCUT2D eigenvalue weighted by Crippen LogP contribution is -2.01. The molecular formula is C18H13N2O5PS. The summed E-state index contributed by atoms with van der Waals surface area (Å²) >= 11 is 0.997. The molecule has 27 heavy (non-hydrogen) atoms. The second kappa shape index (κ2) is 6.44. The monoisotopic (exact) mass is 400 g/mol. The molecular weight excluding hydrogens is 387 g/mol. The summed E-state index contributed by atoms with van der Waals surface area (Å²) in [6, 6.07) is 15.5. The molecule has 0 aliphatic carbocycles. The van der Waals surface area contributed by atoms with E-state index in [0.717, 1.165) is 28.2 Å². The number of nitrogen functional groups attached to an aromatic ring is 1. The maximum absolute atomic E-state index is 13.0. The number of aromatic nitrogens is 1. The van der Waals surface area contributed by atoms with Crippen LogP contribution in [-0.4, -0.2) is 20.6 Å². The minimum atomic E-state index is -4.54. The van der Waals surface area contributed by atoms with Crippen LogP contribution < -0.4 is 11.2 Å². The Morgan fingerprint density at radius 1 is 1.07 bits per heavy atom. The van der Waals surface area contributed by atoms with Crippen LogP contribution in [0.5, 0.6) is 0 Å². The van der Waals surface area contributed by atoms with E-state index in [1.54, 1.807) is 12.1 Å². The Morgan fingerprint density at radius 2 is 1.81 bits per heavy atom. The number of benzene rings is 2. The molecule has 0 amide bonds. The number of anilines is 1. The number of ketones is 1. The number of fused-ring (bicyclic) bond motifs is 1. The lowest BCUT2D eigenvalue weighted by molar-refractivity contribution is 0.104. The highest BCUT2D eigenvalue weighted by molar-refractivity contribution is 7.59. The molecule has 9 heteroatoms. The van der Waals surface area contributed by atoms with Gasteiger partial charge in [-0.1, -0.05) is 47.7 Å². The molecule has 0 saturated heterocycles. The molecule has 0 spiro atoms. The van der Waals surface area contributed by atoms with E-state index in [2.05, 4.69) is 4.98 Å². The molecule has 0 saturated carbocycles. The van der Waals surface area contributed by atoms with Crippen LogP contribution in [0.2, 0.25) is 0 Å². The summed E-state index contributed by atoms with van der Waals surface area (Å²) < 4.78 is 16.6. The minimum absolute atomic E-state index is 0.0745. The van der Waals surface area contributed by atoms with Gasteiger partial charge in [0.05, 0.1) is 0 Å². The van der Waals surface area contributed by atoms with E-state index < -0.39 is 13.1 Å². The molecule has 4 N–H and O–H groups in total. The van der Waals surface area contributed by atoms with E-state index >= 15 is 0 Å². The number of hydrogen-bond donors (Lipinski definition) is 3. The standard InChI is InChI=1S/C18H13N2O5PS/c19-18-20-15(13-7-8-14(25-13)26(22,23)24)17(27-18)16(21)12-6-5-10-3-1-2-4-11(10)9-12/h1-9H,(H2,19,20)(H2,22,23,24). The van der Waals surface area contributed by atoms with E-state index in [0.29, 0.717) is 5.56 Å². The van der Waals surface area contributed by atoms with Crippen molar-refractivity contribution in [3.05, 3.63) is 65.0 Å². The van der Waals surface area contributed by atoms with Crippen LogP contribution in [0.1, 0.15) is 15.2 Å². The topological polar surface area (TPSA) is 127 Å². The maximum Gasteiger partial charge on any atom is 0.391 e. The smallest absolute Gasteiger partial charge is 0.391 e. The van der Waals surface area contributed by atoms with Gasteiger partial charge in [-0.15, -0.1) is 0 Å². The molecule has 0 unspecified atom stereocenters. The Labute approximate surface area is 157 Å². The highest BCUT2D eigenvalue weighted by Crippen LogP contribution is 2.37. The molecule has 2 heterocycles. The van der Waals surface area contributed by atoms with Gasteiger partial charge in [0.1, 0.15) is 10.6 Å². The summed E-state index contributed by atoms with van der Waals surface area (Å²) in [4.78, 5) is 35.8. The van der Waals surface area contributed by atoms with Crippen molar-refractivity contribution in [3.8, 4) is 11.5 Å². The first kappa shape index (κ1) is 17.6. The third-order valence-corrected chi connectivity index (χ3v) is 5.67. The molecule has 7 nitrogen and oxygen atoms in total. The van der Waals surface area contributed by atoms with Crippen molar-refractivity contribution in [1.29, 1.82) is 0 Å². The van der Waals surface area contributed by atoms with E-state index in [1.807, 2.05) is 30.3 Å². The fraction of sp³-hybridized carbons (Fsp3) is 0. The van der Waals surface area contributed by atoms with Gasteiger partial charge in [0.25, 0.3) is 0 Å².